The standard InChI is InChI=1S/C34H40N2O8/c1-20-11-12-22-19-24-34(40)15-13-23(29-33(34,16-18-36(24)5)26(22)27(20)43-29)41-30(38)28(21-9-7-6-8-10-21)42-25(37)14-17-35-31(39)44-32(2,3)4/h6-13,24,28-29,40H,14-19H2,1-5H3,(H,35,39)/t24-,28+,29+,33+,34-/m1/s1. The van der Waals surface area contributed by atoms with Crippen molar-refractivity contribution in [2.24, 2.45) is 0 Å². The number of carbonyl (C=O) groups excluding carboxylic acids is 3. The number of likely N-dealkylation sites (tertiary alicyclic amines) is 1. The highest BCUT2D eigenvalue weighted by Crippen LogP contribution is 2.64. The molecule has 0 unspecified atom stereocenters. The Labute approximate surface area is 257 Å². The first-order valence-corrected chi connectivity index (χ1v) is 15.2. The normalized spacial score (nSPS) is 27.3. The van der Waals surface area contributed by atoms with Gasteiger partial charge in [0.05, 0.1) is 17.4 Å². The van der Waals surface area contributed by atoms with E-state index in [1.807, 2.05) is 20.0 Å². The number of esters is 2. The summed E-state index contributed by atoms with van der Waals surface area (Å²) in [5.74, 6) is -0.390. The second-order valence-electron chi connectivity index (χ2n) is 13.3. The molecule has 2 heterocycles. The van der Waals surface area contributed by atoms with Gasteiger partial charge in [0.1, 0.15) is 17.1 Å². The number of carbonyl (C=O) groups is 3. The van der Waals surface area contributed by atoms with Crippen LogP contribution >= 0.6 is 0 Å². The van der Waals surface area contributed by atoms with E-state index in [0.717, 1.165) is 29.0 Å². The second kappa shape index (κ2) is 10.9. The Bertz CT molecular complexity index is 1520. The van der Waals surface area contributed by atoms with E-state index in [1.165, 1.54) is 0 Å². The Morgan fingerprint density at radius 2 is 1.91 bits per heavy atom. The molecule has 1 saturated heterocycles. The largest absolute Gasteiger partial charge is 0.481 e. The van der Waals surface area contributed by atoms with E-state index in [0.29, 0.717) is 30.6 Å². The van der Waals surface area contributed by atoms with Crippen LogP contribution in [0.4, 0.5) is 4.79 Å². The van der Waals surface area contributed by atoms with Crippen molar-refractivity contribution in [3.63, 3.8) is 0 Å². The summed E-state index contributed by atoms with van der Waals surface area (Å²) >= 11 is 0. The zero-order chi connectivity index (χ0) is 31.4. The van der Waals surface area contributed by atoms with Crippen LogP contribution in [0.25, 0.3) is 0 Å². The van der Waals surface area contributed by atoms with Crippen LogP contribution in [0.3, 0.4) is 0 Å². The number of aryl methyl sites for hydroxylation is 1. The lowest BCUT2D eigenvalue weighted by molar-refractivity contribution is -0.176. The van der Waals surface area contributed by atoms with E-state index in [2.05, 4.69) is 16.3 Å². The van der Waals surface area contributed by atoms with Gasteiger partial charge in [-0.2, -0.15) is 0 Å². The molecule has 2 aromatic carbocycles. The molecule has 1 fully saturated rings. The number of amides is 1. The predicted molar refractivity (Wildman–Crippen MR) is 160 cm³/mol. The summed E-state index contributed by atoms with van der Waals surface area (Å²) in [4.78, 5) is 40.9. The summed E-state index contributed by atoms with van der Waals surface area (Å²) in [6.45, 7) is 7.96. The molecule has 4 aliphatic rings. The Hall–Kier alpha value is -3.89. The summed E-state index contributed by atoms with van der Waals surface area (Å²) in [6, 6.07) is 12.7. The number of likely N-dealkylation sites (N-methyl/N-ethyl adjacent to an activating group) is 1. The number of rotatable bonds is 7. The zero-order valence-corrected chi connectivity index (χ0v) is 25.8. The van der Waals surface area contributed by atoms with Crippen LogP contribution in [-0.2, 0) is 35.6 Å². The molecule has 44 heavy (non-hydrogen) atoms. The lowest BCUT2D eigenvalue weighted by Gasteiger charge is -2.61. The van der Waals surface area contributed by atoms with Crippen LogP contribution in [0.1, 0.15) is 68.4 Å². The van der Waals surface area contributed by atoms with Crippen molar-refractivity contribution in [1.29, 1.82) is 0 Å². The highest BCUT2D eigenvalue weighted by Gasteiger charge is 2.71. The van der Waals surface area contributed by atoms with E-state index in [9.17, 15) is 19.5 Å². The Morgan fingerprint density at radius 1 is 1.16 bits per heavy atom. The highest BCUT2D eigenvalue weighted by atomic mass is 16.6. The molecule has 0 radical (unpaired) electrons. The molecule has 0 aromatic heterocycles. The number of ether oxygens (including phenoxy) is 4. The van der Waals surface area contributed by atoms with Crippen molar-refractivity contribution in [2.45, 2.75) is 88.2 Å². The molecule has 10 heteroatoms. The molecule has 2 bridgehead atoms. The third kappa shape index (κ3) is 4.94. The van der Waals surface area contributed by atoms with Crippen molar-refractivity contribution in [2.75, 3.05) is 20.1 Å². The molecule has 1 amide bonds. The molecule has 6 rings (SSSR count). The number of hydrogen-bond donors (Lipinski definition) is 2. The van der Waals surface area contributed by atoms with Gasteiger partial charge in [-0.25, -0.2) is 9.59 Å². The van der Waals surface area contributed by atoms with E-state index in [1.54, 1.807) is 57.2 Å². The van der Waals surface area contributed by atoms with E-state index < -0.39 is 46.9 Å². The molecule has 2 aromatic rings. The van der Waals surface area contributed by atoms with Gasteiger partial charge < -0.3 is 34.3 Å². The lowest BCUT2D eigenvalue weighted by Crippen LogP contribution is -2.74. The first kappa shape index (κ1) is 30.1. The number of nitrogens with one attached hydrogen (secondary N) is 1. The number of nitrogens with zero attached hydrogens (tertiary/aromatic N) is 1. The topological polar surface area (TPSA) is 124 Å². The number of piperidine rings is 1. The van der Waals surface area contributed by atoms with Crippen LogP contribution < -0.4 is 10.1 Å². The molecule has 2 aliphatic carbocycles. The van der Waals surface area contributed by atoms with E-state index in [4.69, 9.17) is 18.9 Å². The molecule has 10 nitrogen and oxygen atoms in total. The van der Waals surface area contributed by atoms with Gasteiger partial charge in [0.15, 0.2) is 6.10 Å². The quantitative estimate of drug-likeness (QED) is 0.356. The van der Waals surface area contributed by atoms with E-state index >= 15 is 0 Å². The van der Waals surface area contributed by atoms with Crippen molar-refractivity contribution in [3.8, 4) is 5.75 Å². The average molecular weight is 605 g/mol. The smallest absolute Gasteiger partial charge is 0.407 e. The number of aliphatic hydroxyl groups is 1. The average Bonchev–Trinajstić information content (AvgIpc) is 3.32. The minimum absolute atomic E-state index is 0.0258. The SMILES string of the molecule is Cc1ccc2c3c1O[C@H]1C(OC(=O)[C@@H](OC(=O)CCNC(=O)OC(C)(C)C)c4ccccc4)=CC[C@@]4(O)[C@@H](C2)N(C)CC[C@]314. The van der Waals surface area contributed by atoms with Gasteiger partial charge in [0.2, 0.25) is 6.10 Å². The fourth-order valence-electron chi connectivity index (χ4n) is 7.41. The maximum absolute atomic E-state index is 13.8. The summed E-state index contributed by atoms with van der Waals surface area (Å²) < 4.78 is 23.5. The fourth-order valence-corrected chi connectivity index (χ4v) is 7.41. The lowest BCUT2D eigenvalue weighted by atomic mass is 9.50. The van der Waals surface area contributed by atoms with Crippen molar-refractivity contribution in [3.05, 3.63) is 76.6 Å². The molecule has 1 spiro atoms. The molecular weight excluding hydrogens is 564 g/mol. The van der Waals surface area contributed by atoms with Crippen LogP contribution in [-0.4, -0.2) is 71.5 Å². The second-order valence-corrected chi connectivity index (χ2v) is 13.3. The first-order chi connectivity index (χ1) is 20.8. The number of alkyl carbamates (subject to hydrolysis) is 1. The zero-order valence-electron chi connectivity index (χ0n) is 25.8. The third-order valence-electron chi connectivity index (χ3n) is 9.35. The minimum Gasteiger partial charge on any atom is -0.481 e. The molecule has 234 valence electrons. The first-order valence-electron chi connectivity index (χ1n) is 15.2. The van der Waals surface area contributed by atoms with Gasteiger partial charge in [-0.15, -0.1) is 0 Å². The van der Waals surface area contributed by atoms with Gasteiger partial charge in [-0.1, -0.05) is 42.5 Å². The van der Waals surface area contributed by atoms with Crippen LogP contribution in [0.5, 0.6) is 5.75 Å². The summed E-state index contributed by atoms with van der Waals surface area (Å²) in [7, 11) is 2.04. The minimum atomic E-state index is -1.35. The van der Waals surface area contributed by atoms with Crippen molar-refractivity contribution >= 4 is 18.0 Å². The number of benzene rings is 2. The molecule has 0 saturated carbocycles. The highest BCUT2D eigenvalue weighted by molar-refractivity contribution is 5.82. The molecule has 5 atom stereocenters. The Balaban J connectivity index is 1.24. The maximum atomic E-state index is 13.8. The van der Waals surface area contributed by atoms with Crippen molar-refractivity contribution in [1.82, 2.24) is 10.2 Å². The van der Waals surface area contributed by atoms with Crippen molar-refractivity contribution < 1.29 is 38.4 Å². The van der Waals surface area contributed by atoms with Gasteiger partial charge in [-0.05, 0) is 71.3 Å². The predicted octanol–water partition coefficient (Wildman–Crippen LogP) is 4.02. The molecular formula is C34H40N2O8. The van der Waals surface area contributed by atoms with Gasteiger partial charge in [-0.3, -0.25) is 4.79 Å². The van der Waals surface area contributed by atoms with Gasteiger partial charge in [0.25, 0.3) is 0 Å². The number of hydrogen-bond acceptors (Lipinski definition) is 9. The summed E-state index contributed by atoms with van der Waals surface area (Å²) in [5.41, 5.74) is 1.05. The van der Waals surface area contributed by atoms with Crippen LogP contribution in [0.15, 0.2) is 54.3 Å². The maximum Gasteiger partial charge on any atom is 0.407 e. The summed E-state index contributed by atoms with van der Waals surface area (Å²) in [6.07, 6.45) is 0.530. The molecule has 2 N–H and O–H groups in total. The Morgan fingerprint density at radius 3 is 2.64 bits per heavy atom. The fraction of sp³-hybridized carbons (Fsp3) is 0.500. The van der Waals surface area contributed by atoms with E-state index in [-0.39, 0.29) is 19.0 Å². The third-order valence-corrected chi connectivity index (χ3v) is 9.35. The van der Waals surface area contributed by atoms with Crippen LogP contribution in [0.2, 0.25) is 0 Å². The Kier molecular flexibility index (Phi) is 7.49. The van der Waals surface area contributed by atoms with Crippen LogP contribution in [0, 0.1) is 6.92 Å². The van der Waals surface area contributed by atoms with Gasteiger partial charge >= 0.3 is 18.0 Å². The molecule has 2 aliphatic heterocycles. The summed E-state index contributed by atoms with van der Waals surface area (Å²) in [5, 5.41) is 14.9. The van der Waals surface area contributed by atoms with Gasteiger partial charge in [0, 0.05) is 30.1 Å². The monoisotopic (exact) mass is 604 g/mol.